The Hall–Kier alpha value is -2.96. The Morgan fingerprint density at radius 1 is 1.00 bits per heavy atom. The lowest BCUT2D eigenvalue weighted by molar-refractivity contribution is 0.0697. The molecule has 0 saturated carbocycles. The van der Waals surface area contributed by atoms with Gasteiger partial charge >= 0.3 is 5.97 Å². The fourth-order valence-corrected chi connectivity index (χ4v) is 3.32. The third-order valence-electron chi connectivity index (χ3n) is 4.28. The van der Waals surface area contributed by atoms with Crippen molar-refractivity contribution in [3.63, 3.8) is 0 Å². The quantitative estimate of drug-likeness (QED) is 0.436. The second-order valence-corrected chi connectivity index (χ2v) is 6.78. The highest BCUT2D eigenvalue weighted by Gasteiger charge is 2.25. The number of anilines is 2. The van der Waals surface area contributed by atoms with Crippen LogP contribution in [0.1, 0.15) is 20.7 Å². The molecular weight excluding hydrogens is 391 g/mol. The normalized spacial score (nSPS) is 11.8. The largest absolute Gasteiger partial charge is 0.478 e. The van der Waals surface area contributed by atoms with Crippen LogP contribution in [0.3, 0.4) is 0 Å². The van der Waals surface area contributed by atoms with Crippen LogP contribution in [0.5, 0.6) is 11.5 Å². The average Bonchev–Trinajstić information content (AvgIpc) is 2.64. The van der Waals surface area contributed by atoms with Crippen LogP contribution in [-0.2, 0) is 0 Å². The van der Waals surface area contributed by atoms with Gasteiger partial charge < -0.3 is 20.5 Å². The van der Waals surface area contributed by atoms with Crippen LogP contribution in [0.4, 0.5) is 11.4 Å². The van der Waals surface area contributed by atoms with Crippen LogP contribution in [0.2, 0.25) is 10.0 Å². The highest BCUT2D eigenvalue weighted by Crippen LogP contribution is 2.46. The molecule has 136 valence electrons. The van der Waals surface area contributed by atoms with Gasteiger partial charge in [0.1, 0.15) is 0 Å². The molecule has 0 radical (unpaired) electrons. The van der Waals surface area contributed by atoms with E-state index in [1.54, 1.807) is 24.3 Å². The van der Waals surface area contributed by atoms with E-state index in [2.05, 4.69) is 10.6 Å². The molecule has 0 atom stereocenters. The SMILES string of the molecule is CNC(=O)c1cc2c(c(C(=O)O)c1)Nc1cc3cc(Cl)c(Cl)cc3cc1O2. The first-order valence-electron chi connectivity index (χ1n) is 7.88. The van der Waals surface area contributed by atoms with Crippen LogP contribution in [0.25, 0.3) is 10.8 Å². The van der Waals surface area contributed by atoms with Gasteiger partial charge in [-0.1, -0.05) is 23.2 Å². The summed E-state index contributed by atoms with van der Waals surface area (Å²) in [6, 6.07) is 9.82. The molecule has 0 fully saturated rings. The molecule has 0 aromatic heterocycles. The third-order valence-corrected chi connectivity index (χ3v) is 5.00. The maximum atomic E-state index is 12.0. The number of carbonyl (C=O) groups excluding carboxylic acids is 1. The lowest BCUT2D eigenvalue weighted by Crippen LogP contribution is -2.19. The number of nitrogens with one attached hydrogen (secondary N) is 2. The molecule has 8 heteroatoms. The number of hydrogen-bond acceptors (Lipinski definition) is 4. The minimum absolute atomic E-state index is 0.0639. The molecular formula is C19H12Cl2N2O4. The minimum atomic E-state index is -1.17. The van der Waals surface area contributed by atoms with Crippen molar-refractivity contribution >= 4 is 57.2 Å². The number of benzene rings is 3. The van der Waals surface area contributed by atoms with E-state index in [0.717, 1.165) is 10.8 Å². The number of carbonyl (C=O) groups is 2. The molecule has 0 saturated heterocycles. The number of halogens is 2. The standard InChI is InChI=1S/C19H12Cl2N2O4/c1-22-18(24)10-2-11(19(25)26)17-16(7-10)27-15-6-9-4-13(21)12(20)3-8(9)5-14(15)23-17/h2-7,23H,1H3,(H,22,24)(H,25,26). The highest BCUT2D eigenvalue weighted by molar-refractivity contribution is 6.42. The first-order valence-corrected chi connectivity index (χ1v) is 8.64. The number of fused-ring (bicyclic) bond motifs is 3. The summed E-state index contributed by atoms with van der Waals surface area (Å²) in [4.78, 5) is 23.6. The van der Waals surface area contributed by atoms with E-state index in [-0.39, 0.29) is 22.6 Å². The van der Waals surface area contributed by atoms with Crippen LogP contribution < -0.4 is 15.4 Å². The van der Waals surface area contributed by atoms with Gasteiger partial charge in [-0.2, -0.15) is 0 Å². The van der Waals surface area contributed by atoms with Crippen LogP contribution in [0, 0.1) is 0 Å². The van der Waals surface area contributed by atoms with Crippen molar-refractivity contribution in [1.29, 1.82) is 0 Å². The van der Waals surface area contributed by atoms with Crippen molar-refractivity contribution in [3.8, 4) is 11.5 Å². The summed E-state index contributed by atoms with van der Waals surface area (Å²) in [5.74, 6) is -0.846. The summed E-state index contributed by atoms with van der Waals surface area (Å²) >= 11 is 12.2. The van der Waals surface area contributed by atoms with Crippen molar-refractivity contribution < 1.29 is 19.4 Å². The third kappa shape index (κ3) is 2.93. The van der Waals surface area contributed by atoms with E-state index >= 15 is 0 Å². The van der Waals surface area contributed by atoms with Crippen LogP contribution >= 0.6 is 23.2 Å². The number of ether oxygens (including phenoxy) is 1. The zero-order valence-electron chi connectivity index (χ0n) is 13.9. The van der Waals surface area contributed by atoms with Crippen molar-refractivity contribution in [3.05, 3.63) is 57.6 Å². The zero-order chi connectivity index (χ0) is 19.3. The average molecular weight is 403 g/mol. The van der Waals surface area contributed by atoms with E-state index in [0.29, 0.717) is 21.5 Å². The van der Waals surface area contributed by atoms with E-state index in [1.165, 1.54) is 19.2 Å². The second-order valence-electron chi connectivity index (χ2n) is 5.97. The first kappa shape index (κ1) is 17.5. The van der Waals surface area contributed by atoms with Crippen molar-refractivity contribution in [1.82, 2.24) is 5.32 Å². The molecule has 3 N–H and O–H groups in total. The fourth-order valence-electron chi connectivity index (χ4n) is 2.98. The number of rotatable bonds is 2. The van der Waals surface area contributed by atoms with E-state index in [9.17, 15) is 14.7 Å². The van der Waals surface area contributed by atoms with Gasteiger partial charge in [-0.05, 0) is 47.2 Å². The molecule has 1 heterocycles. The molecule has 3 aromatic rings. The summed E-state index contributed by atoms with van der Waals surface area (Å²) < 4.78 is 5.90. The first-order chi connectivity index (χ1) is 12.9. The Morgan fingerprint density at radius 2 is 1.67 bits per heavy atom. The number of amides is 1. The topological polar surface area (TPSA) is 87.7 Å². The van der Waals surface area contributed by atoms with Gasteiger partial charge in [-0.15, -0.1) is 0 Å². The van der Waals surface area contributed by atoms with Crippen molar-refractivity contribution in [2.45, 2.75) is 0 Å². The minimum Gasteiger partial charge on any atom is -0.478 e. The zero-order valence-corrected chi connectivity index (χ0v) is 15.4. The molecule has 0 aliphatic carbocycles. The molecule has 3 aromatic carbocycles. The molecule has 0 spiro atoms. The number of carboxylic acid groups (broad SMARTS) is 1. The van der Waals surface area contributed by atoms with E-state index < -0.39 is 11.9 Å². The fraction of sp³-hybridized carbons (Fsp3) is 0.0526. The maximum absolute atomic E-state index is 12.0. The van der Waals surface area contributed by atoms with Gasteiger partial charge in [0.2, 0.25) is 0 Å². The van der Waals surface area contributed by atoms with Crippen LogP contribution in [-0.4, -0.2) is 24.0 Å². The molecule has 6 nitrogen and oxygen atoms in total. The van der Waals surface area contributed by atoms with Gasteiger partial charge in [0.15, 0.2) is 11.5 Å². The lowest BCUT2D eigenvalue weighted by atomic mass is 10.0. The monoisotopic (exact) mass is 402 g/mol. The van der Waals surface area contributed by atoms with Gasteiger partial charge in [0.05, 0.1) is 27.0 Å². The van der Waals surface area contributed by atoms with Crippen molar-refractivity contribution in [2.75, 3.05) is 12.4 Å². The van der Waals surface area contributed by atoms with E-state index in [4.69, 9.17) is 27.9 Å². The lowest BCUT2D eigenvalue weighted by Gasteiger charge is -2.24. The van der Waals surface area contributed by atoms with Crippen LogP contribution in [0.15, 0.2) is 36.4 Å². The molecule has 1 aliphatic rings. The van der Waals surface area contributed by atoms with Crippen molar-refractivity contribution in [2.24, 2.45) is 0 Å². The van der Waals surface area contributed by atoms with Gasteiger partial charge in [0, 0.05) is 12.6 Å². The Balaban J connectivity index is 1.88. The Kier molecular flexibility index (Phi) is 4.09. The highest BCUT2D eigenvalue weighted by atomic mass is 35.5. The smallest absolute Gasteiger partial charge is 0.337 e. The number of aromatic carboxylic acids is 1. The van der Waals surface area contributed by atoms with Gasteiger partial charge in [0.25, 0.3) is 5.91 Å². The molecule has 0 unspecified atom stereocenters. The summed E-state index contributed by atoms with van der Waals surface area (Å²) in [7, 11) is 1.47. The van der Waals surface area contributed by atoms with Gasteiger partial charge in [-0.25, -0.2) is 4.79 Å². The Labute approximate surface area is 163 Å². The summed E-state index contributed by atoms with van der Waals surface area (Å²) in [6.45, 7) is 0. The molecule has 0 bridgehead atoms. The Bertz CT molecular complexity index is 1140. The molecule has 1 amide bonds. The summed E-state index contributed by atoms with van der Waals surface area (Å²) in [5, 5.41) is 17.6. The molecule has 27 heavy (non-hydrogen) atoms. The predicted octanol–water partition coefficient (Wildman–Crippen LogP) is 5.05. The molecule has 1 aliphatic heterocycles. The van der Waals surface area contributed by atoms with E-state index in [1.807, 2.05) is 0 Å². The number of carboxylic acids is 1. The number of hydrogen-bond donors (Lipinski definition) is 3. The summed E-state index contributed by atoms with van der Waals surface area (Å²) in [5.41, 5.74) is 0.992. The van der Waals surface area contributed by atoms with Gasteiger partial charge in [-0.3, -0.25) is 4.79 Å². The maximum Gasteiger partial charge on any atom is 0.337 e. The summed E-state index contributed by atoms with van der Waals surface area (Å²) in [6.07, 6.45) is 0. The Morgan fingerprint density at radius 3 is 2.30 bits per heavy atom. The molecule has 4 rings (SSSR count). The second kappa shape index (κ2) is 6.33. The predicted molar refractivity (Wildman–Crippen MR) is 104 cm³/mol.